The first kappa shape index (κ1) is 12.0. The Hall–Kier alpha value is -2.03. The van der Waals surface area contributed by atoms with E-state index >= 15 is 0 Å². The largest absolute Gasteiger partial charge is 0.359 e. The molecule has 3 nitrogen and oxygen atoms in total. The lowest BCUT2D eigenvalue weighted by molar-refractivity contribution is -0.124. The second-order valence-electron chi connectivity index (χ2n) is 5.23. The standard InChI is InChI=1S/C16H18N2O/c1-11-8-14-9-12(6-7-15(14)18-11)10-17-16(19)13-4-2-3-5-13/h2-3,6-9,13,18H,4-5,10H2,1H3,(H,17,19). The molecule has 19 heavy (non-hydrogen) atoms. The van der Waals surface area contributed by atoms with E-state index in [1.807, 2.05) is 0 Å². The van der Waals surface area contributed by atoms with Crippen LogP contribution in [0.5, 0.6) is 0 Å². The third-order valence-corrected chi connectivity index (χ3v) is 3.67. The number of benzene rings is 1. The van der Waals surface area contributed by atoms with Crippen molar-refractivity contribution in [3.8, 4) is 0 Å². The number of rotatable bonds is 3. The molecule has 0 unspecified atom stereocenters. The summed E-state index contributed by atoms with van der Waals surface area (Å²) < 4.78 is 0. The summed E-state index contributed by atoms with van der Waals surface area (Å²) in [6.45, 7) is 2.66. The van der Waals surface area contributed by atoms with Crippen LogP contribution in [0.4, 0.5) is 0 Å². The number of amides is 1. The molecule has 98 valence electrons. The fourth-order valence-electron chi connectivity index (χ4n) is 2.60. The van der Waals surface area contributed by atoms with Crippen LogP contribution in [-0.4, -0.2) is 10.9 Å². The smallest absolute Gasteiger partial charge is 0.224 e. The summed E-state index contributed by atoms with van der Waals surface area (Å²) in [7, 11) is 0. The molecular weight excluding hydrogens is 236 g/mol. The Morgan fingerprint density at radius 1 is 1.32 bits per heavy atom. The van der Waals surface area contributed by atoms with Gasteiger partial charge in [-0.2, -0.15) is 0 Å². The van der Waals surface area contributed by atoms with Gasteiger partial charge in [-0.1, -0.05) is 18.2 Å². The Balaban J connectivity index is 1.66. The van der Waals surface area contributed by atoms with Gasteiger partial charge in [0.05, 0.1) is 0 Å². The Morgan fingerprint density at radius 3 is 2.89 bits per heavy atom. The number of nitrogens with one attached hydrogen (secondary N) is 2. The van der Waals surface area contributed by atoms with Gasteiger partial charge in [-0.25, -0.2) is 0 Å². The molecule has 0 atom stereocenters. The van der Waals surface area contributed by atoms with Crippen molar-refractivity contribution in [2.45, 2.75) is 26.3 Å². The van der Waals surface area contributed by atoms with Crippen molar-refractivity contribution >= 4 is 16.8 Å². The van der Waals surface area contributed by atoms with Crippen molar-refractivity contribution in [1.29, 1.82) is 0 Å². The van der Waals surface area contributed by atoms with Crippen LogP contribution in [0.25, 0.3) is 10.9 Å². The number of hydrogen-bond donors (Lipinski definition) is 2. The maximum Gasteiger partial charge on any atom is 0.224 e. The van der Waals surface area contributed by atoms with Gasteiger partial charge in [-0.3, -0.25) is 4.79 Å². The summed E-state index contributed by atoms with van der Waals surface area (Å²) in [6.07, 6.45) is 5.92. The van der Waals surface area contributed by atoms with Gasteiger partial charge >= 0.3 is 0 Å². The highest BCUT2D eigenvalue weighted by molar-refractivity contribution is 5.82. The van der Waals surface area contributed by atoms with Gasteiger partial charge in [0.25, 0.3) is 0 Å². The van der Waals surface area contributed by atoms with E-state index in [0.29, 0.717) is 6.54 Å². The first-order valence-corrected chi connectivity index (χ1v) is 6.73. The number of carbonyl (C=O) groups excluding carboxylic acids is 1. The molecule has 3 rings (SSSR count). The van der Waals surface area contributed by atoms with Crippen molar-refractivity contribution in [2.75, 3.05) is 0 Å². The zero-order chi connectivity index (χ0) is 13.2. The molecule has 1 heterocycles. The summed E-state index contributed by atoms with van der Waals surface area (Å²) in [4.78, 5) is 15.2. The van der Waals surface area contributed by atoms with Crippen molar-refractivity contribution < 1.29 is 4.79 Å². The Kier molecular flexibility index (Phi) is 3.11. The van der Waals surface area contributed by atoms with Crippen molar-refractivity contribution in [2.24, 2.45) is 5.92 Å². The number of aryl methyl sites for hydroxylation is 1. The van der Waals surface area contributed by atoms with Gasteiger partial charge in [0, 0.05) is 23.7 Å². The minimum Gasteiger partial charge on any atom is -0.359 e. The van der Waals surface area contributed by atoms with Gasteiger partial charge in [0.1, 0.15) is 0 Å². The number of hydrogen-bond acceptors (Lipinski definition) is 1. The number of carbonyl (C=O) groups is 1. The third-order valence-electron chi connectivity index (χ3n) is 3.67. The second kappa shape index (κ2) is 4.92. The number of fused-ring (bicyclic) bond motifs is 1. The van der Waals surface area contributed by atoms with Gasteiger partial charge < -0.3 is 10.3 Å². The molecule has 2 aromatic rings. The molecule has 0 bridgehead atoms. The van der Waals surface area contributed by atoms with Crippen LogP contribution in [0.1, 0.15) is 24.1 Å². The molecule has 1 aliphatic carbocycles. The Labute approximate surface area is 112 Å². The van der Waals surface area contributed by atoms with Gasteiger partial charge in [0.15, 0.2) is 0 Å². The minimum absolute atomic E-state index is 0.137. The average Bonchev–Trinajstić information content (AvgIpc) is 3.03. The van der Waals surface area contributed by atoms with Gasteiger partial charge in [0.2, 0.25) is 5.91 Å². The SMILES string of the molecule is Cc1cc2cc(CNC(=O)C3CC=CC3)ccc2[nH]1. The summed E-state index contributed by atoms with van der Waals surface area (Å²) >= 11 is 0. The monoisotopic (exact) mass is 254 g/mol. The molecule has 0 radical (unpaired) electrons. The first-order chi connectivity index (χ1) is 9.22. The molecule has 1 amide bonds. The summed E-state index contributed by atoms with van der Waals surface area (Å²) in [6, 6.07) is 8.39. The number of allylic oxidation sites excluding steroid dienone is 2. The van der Waals surface area contributed by atoms with E-state index in [9.17, 15) is 4.79 Å². The molecule has 3 heteroatoms. The molecule has 1 aliphatic rings. The fourth-order valence-corrected chi connectivity index (χ4v) is 2.60. The summed E-state index contributed by atoms with van der Waals surface area (Å²) in [5.74, 6) is 0.300. The van der Waals surface area contributed by atoms with Crippen LogP contribution in [0, 0.1) is 12.8 Å². The highest BCUT2D eigenvalue weighted by Crippen LogP contribution is 2.19. The normalized spacial score (nSPS) is 15.2. The molecule has 0 saturated heterocycles. The maximum absolute atomic E-state index is 11.9. The maximum atomic E-state index is 11.9. The lowest BCUT2D eigenvalue weighted by Crippen LogP contribution is -2.28. The number of aromatic nitrogens is 1. The minimum atomic E-state index is 0.137. The van der Waals surface area contributed by atoms with Gasteiger partial charge in [-0.15, -0.1) is 0 Å². The molecule has 0 fully saturated rings. The zero-order valence-electron chi connectivity index (χ0n) is 11.1. The van der Waals surface area contributed by atoms with E-state index in [1.54, 1.807) is 0 Å². The predicted octanol–water partition coefficient (Wildman–Crippen LogP) is 3.06. The first-order valence-electron chi connectivity index (χ1n) is 6.73. The van der Waals surface area contributed by atoms with E-state index in [2.05, 4.69) is 53.6 Å². The highest BCUT2D eigenvalue weighted by atomic mass is 16.1. The van der Waals surface area contributed by atoms with Crippen LogP contribution < -0.4 is 5.32 Å². The average molecular weight is 254 g/mol. The second-order valence-corrected chi connectivity index (χ2v) is 5.23. The van der Waals surface area contributed by atoms with Crippen LogP contribution in [-0.2, 0) is 11.3 Å². The molecule has 1 aromatic carbocycles. The van der Waals surface area contributed by atoms with E-state index in [1.165, 1.54) is 5.39 Å². The van der Waals surface area contributed by atoms with Crippen LogP contribution in [0.3, 0.4) is 0 Å². The summed E-state index contributed by atoms with van der Waals surface area (Å²) in [5.41, 5.74) is 3.45. The number of aromatic amines is 1. The topological polar surface area (TPSA) is 44.9 Å². The quantitative estimate of drug-likeness (QED) is 0.812. The molecule has 1 aromatic heterocycles. The molecule has 0 spiro atoms. The molecular formula is C16H18N2O. The van der Waals surface area contributed by atoms with Crippen LogP contribution in [0.2, 0.25) is 0 Å². The Morgan fingerprint density at radius 2 is 2.11 bits per heavy atom. The fraction of sp³-hybridized carbons (Fsp3) is 0.312. The lowest BCUT2D eigenvalue weighted by atomic mass is 10.1. The number of H-pyrrole nitrogens is 1. The lowest BCUT2D eigenvalue weighted by Gasteiger charge is -2.10. The van der Waals surface area contributed by atoms with E-state index in [-0.39, 0.29) is 11.8 Å². The zero-order valence-corrected chi connectivity index (χ0v) is 11.1. The highest BCUT2D eigenvalue weighted by Gasteiger charge is 2.18. The van der Waals surface area contributed by atoms with Gasteiger partial charge in [-0.05, 0) is 48.9 Å². The summed E-state index contributed by atoms with van der Waals surface area (Å²) in [5, 5.41) is 4.22. The Bertz CT molecular complexity index is 631. The van der Waals surface area contributed by atoms with E-state index < -0.39 is 0 Å². The predicted molar refractivity (Wildman–Crippen MR) is 76.7 cm³/mol. The van der Waals surface area contributed by atoms with Crippen molar-refractivity contribution in [1.82, 2.24) is 10.3 Å². The molecule has 0 saturated carbocycles. The molecule has 2 N–H and O–H groups in total. The van der Waals surface area contributed by atoms with Crippen molar-refractivity contribution in [3.63, 3.8) is 0 Å². The van der Waals surface area contributed by atoms with E-state index in [0.717, 1.165) is 29.6 Å². The molecule has 0 aliphatic heterocycles. The van der Waals surface area contributed by atoms with E-state index in [4.69, 9.17) is 0 Å². The third kappa shape index (κ3) is 2.55. The van der Waals surface area contributed by atoms with Crippen LogP contribution in [0.15, 0.2) is 36.4 Å². The van der Waals surface area contributed by atoms with Crippen molar-refractivity contribution in [3.05, 3.63) is 47.7 Å². The van der Waals surface area contributed by atoms with Crippen LogP contribution >= 0.6 is 0 Å².